The molecule has 3 N–H and O–H groups in total. The topological polar surface area (TPSA) is 65.1 Å². The van der Waals surface area contributed by atoms with Crippen LogP contribution in [-0.2, 0) is 17.6 Å². The van der Waals surface area contributed by atoms with Crippen LogP contribution >= 0.6 is 0 Å². The minimum absolute atomic E-state index is 0.0199. The summed E-state index contributed by atoms with van der Waals surface area (Å²) in [7, 11) is 0. The van der Waals surface area contributed by atoms with Gasteiger partial charge in [-0.05, 0) is 36.3 Å². The van der Waals surface area contributed by atoms with Crippen molar-refractivity contribution in [2.24, 2.45) is 5.41 Å². The molecule has 0 fully saturated rings. The number of carbonyl (C=O) groups excluding carboxylic acids is 1. The van der Waals surface area contributed by atoms with E-state index in [2.05, 4.69) is 43.2 Å². The van der Waals surface area contributed by atoms with Crippen molar-refractivity contribution in [3.05, 3.63) is 35.5 Å². The van der Waals surface area contributed by atoms with E-state index < -0.39 is 0 Å². The first-order chi connectivity index (χ1) is 10.8. The van der Waals surface area contributed by atoms with Crippen molar-refractivity contribution in [3.63, 3.8) is 0 Å². The molecule has 0 saturated carbocycles. The van der Waals surface area contributed by atoms with Gasteiger partial charge in [0, 0.05) is 23.6 Å². The fourth-order valence-corrected chi connectivity index (χ4v) is 3.16. The first-order valence-electron chi connectivity index (χ1n) is 8.35. The Bertz CT molecular complexity index is 671. The standard InChI is InChI=1S/C19H28N2O2/c1-5-14-7-6-8-16-15(11-20-18(14)16)9-17(23)21-12-19(3,4)10-13(2)22/h6-8,11,13,20,22H,5,9-10,12H2,1-4H3,(H,21,23). The highest BCUT2D eigenvalue weighted by molar-refractivity contribution is 5.90. The quantitative estimate of drug-likeness (QED) is 0.734. The number of hydrogen-bond acceptors (Lipinski definition) is 2. The Morgan fingerprint density at radius 3 is 2.74 bits per heavy atom. The molecule has 23 heavy (non-hydrogen) atoms. The summed E-state index contributed by atoms with van der Waals surface area (Å²) in [5, 5.41) is 13.6. The van der Waals surface area contributed by atoms with Gasteiger partial charge in [0.15, 0.2) is 0 Å². The van der Waals surface area contributed by atoms with E-state index in [4.69, 9.17) is 0 Å². The minimum atomic E-state index is -0.358. The SMILES string of the molecule is CCc1cccc2c(CC(=O)NCC(C)(C)CC(C)O)c[nH]c12. The Morgan fingerprint density at radius 1 is 1.35 bits per heavy atom. The molecule has 0 bridgehead atoms. The van der Waals surface area contributed by atoms with Crippen LogP contribution in [-0.4, -0.2) is 28.6 Å². The number of para-hydroxylation sites is 1. The first kappa shape index (κ1) is 17.5. The van der Waals surface area contributed by atoms with Gasteiger partial charge in [-0.1, -0.05) is 39.0 Å². The molecule has 4 heteroatoms. The van der Waals surface area contributed by atoms with Crippen LogP contribution in [0.3, 0.4) is 0 Å². The number of nitrogens with one attached hydrogen (secondary N) is 2. The van der Waals surface area contributed by atoms with E-state index in [1.165, 1.54) is 5.56 Å². The predicted molar refractivity (Wildman–Crippen MR) is 94.5 cm³/mol. The van der Waals surface area contributed by atoms with Crippen molar-refractivity contribution in [1.29, 1.82) is 0 Å². The molecule has 1 amide bonds. The van der Waals surface area contributed by atoms with Gasteiger partial charge in [-0.15, -0.1) is 0 Å². The highest BCUT2D eigenvalue weighted by Crippen LogP contribution is 2.23. The molecular weight excluding hydrogens is 288 g/mol. The van der Waals surface area contributed by atoms with Crippen LogP contribution in [0.15, 0.2) is 24.4 Å². The van der Waals surface area contributed by atoms with E-state index in [0.29, 0.717) is 19.4 Å². The maximum atomic E-state index is 12.3. The van der Waals surface area contributed by atoms with Crippen LogP contribution in [0, 0.1) is 5.41 Å². The lowest BCUT2D eigenvalue weighted by atomic mass is 9.87. The van der Waals surface area contributed by atoms with Crippen molar-refractivity contribution in [1.82, 2.24) is 10.3 Å². The number of carbonyl (C=O) groups is 1. The zero-order valence-electron chi connectivity index (χ0n) is 14.6. The summed E-state index contributed by atoms with van der Waals surface area (Å²) in [5.41, 5.74) is 3.32. The van der Waals surface area contributed by atoms with Crippen LogP contribution in [0.2, 0.25) is 0 Å². The van der Waals surface area contributed by atoms with Gasteiger partial charge in [0.2, 0.25) is 5.91 Å². The second kappa shape index (κ2) is 7.18. The van der Waals surface area contributed by atoms with Gasteiger partial charge in [-0.25, -0.2) is 0 Å². The van der Waals surface area contributed by atoms with Gasteiger partial charge in [-0.2, -0.15) is 0 Å². The van der Waals surface area contributed by atoms with E-state index in [0.717, 1.165) is 22.9 Å². The van der Waals surface area contributed by atoms with Crippen LogP contribution in [0.25, 0.3) is 10.9 Å². The molecule has 0 aliphatic heterocycles. The number of aliphatic hydroxyl groups is 1. The van der Waals surface area contributed by atoms with Crippen molar-refractivity contribution in [3.8, 4) is 0 Å². The molecule has 0 radical (unpaired) electrons. The second-order valence-electron chi connectivity index (χ2n) is 7.18. The number of rotatable bonds is 7. The highest BCUT2D eigenvalue weighted by atomic mass is 16.3. The lowest BCUT2D eigenvalue weighted by Crippen LogP contribution is -2.36. The van der Waals surface area contributed by atoms with Crippen molar-refractivity contribution in [2.45, 2.75) is 53.1 Å². The van der Waals surface area contributed by atoms with Gasteiger partial charge < -0.3 is 15.4 Å². The zero-order chi connectivity index (χ0) is 17.0. The third-order valence-corrected chi connectivity index (χ3v) is 4.23. The Morgan fingerprint density at radius 2 is 2.09 bits per heavy atom. The number of aromatic amines is 1. The molecule has 2 aromatic rings. The van der Waals surface area contributed by atoms with E-state index in [1.54, 1.807) is 6.92 Å². The van der Waals surface area contributed by atoms with E-state index in [-0.39, 0.29) is 17.4 Å². The molecule has 2 rings (SSSR count). The fraction of sp³-hybridized carbons (Fsp3) is 0.526. The monoisotopic (exact) mass is 316 g/mol. The molecule has 4 nitrogen and oxygen atoms in total. The maximum Gasteiger partial charge on any atom is 0.224 e. The first-order valence-corrected chi connectivity index (χ1v) is 8.35. The number of aryl methyl sites for hydroxylation is 1. The molecule has 0 saturated heterocycles. The summed E-state index contributed by atoms with van der Waals surface area (Å²) in [6.45, 7) is 8.59. The lowest BCUT2D eigenvalue weighted by Gasteiger charge is -2.26. The molecule has 1 atom stereocenters. The number of H-pyrrole nitrogens is 1. The molecule has 1 aromatic carbocycles. The number of benzene rings is 1. The van der Waals surface area contributed by atoms with Crippen LogP contribution < -0.4 is 5.32 Å². The summed E-state index contributed by atoms with van der Waals surface area (Å²) in [6.07, 6.45) is 3.59. The summed E-state index contributed by atoms with van der Waals surface area (Å²) >= 11 is 0. The van der Waals surface area contributed by atoms with Crippen LogP contribution in [0.4, 0.5) is 0 Å². The van der Waals surface area contributed by atoms with E-state index >= 15 is 0 Å². The number of amides is 1. The normalized spacial score (nSPS) is 13.3. The summed E-state index contributed by atoms with van der Waals surface area (Å²) in [5.74, 6) is 0.0199. The zero-order valence-corrected chi connectivity index (χ0v) is 14.6. The summed E-state index contributed by atoms with van der Waals surface area (Å²) < 4.78 is 0. The number of fused-ring (bicyclic) bond motifs is 1. The molecule has 1 aromatic heterocycles. The van der Waals surface area contributed by atoms with Gasteiger partial charge in [-0.3, -0.25) is 4.79 Å². The van der Waals surface area contributed by atoms with Gasteiger partial charge in [0.05, 0.1) is 12.5 Å². The van der Waals surface area contributed by atoms with Crippen molar-refractivity contribution in [2.75, 3.05) is 6.54 Å². The Labute approximate surface area is 138 Å². The lowest BCUT2D eigenvalue weighted by molar-refractivity contribution is -0.121. The predicted octanol–water partition coefficient (Wildman–Crippen LogP) is 3.19. The Hall–Kier alpha value is -1.81. The van der Waals surface area contributed by atoms with Crippen molar-refractivity contribution < 1.29 is 9.90 Å². The maximum absolute atomic E-state index is 12.3. The highest BCUT2D eigenvalue weighted by Gasteiger charge is 2.21. The van der Waals surface area contributed by atoms with E-state index in [1.807, 2.05) is 12.3 Å². The molecule has 126 valence electrons. The van der Waals surface area contributed by atoms with Gasteiger partial charge in [0.1, 0.15) is 0 Å². The number of aromatic nitrogens is 1. The van der Waals surface area contributed by atoms with Crippen LogP contribution in [0.5, 0.6) is 0 Å². The molecule has 0 aliphatic rings. The number of hydrogen-bond donors (Lipinski definition) is 3. The largest absolute Gasteiger partial charge is 0.393 e. The Balaban J connectivity index is 2.01. The molecule has 1 heterocycles. The average molecular weight is 316 g/mol. The third kappa shape index (κ3) is 4.58. The fourth-order valence-electron chi connectivity index (χ4n) is 3.16. The molecule has 0 aliphatic carbocycles. The third-order valence-electron chi connectivity index (χ3n) is 4.23. The second-order valence-corrected chi connectivity index (χ2v) is 7.18. The smallest absolute Gasteiger partial charge is 0.224 e. The van der Waals surface area contributed by atoms with Crippen molar-refractivity contribution >= 4 is 16.8 Å². The average Bonchev–Trinajstić information content (AvgIpc) is 2.87. The van der Waals surface area contributed by atoms with Gasteiger partial charge >= 0.3 is 0 Å². The minimum Gasteiger partial charge on any atom is -0.393 e. The molecule has 1 unspecified atom stereocenters. The molecular formula is C19H28N2O2. The van der Waals surface area contributed by atoms with Gasteiger partial charge in [0.25, 0.3) is 0 Å². The summed E-state index contributed by atoms with van der Waals surface area (Å²) in [6, 6.07) is 6.22. The van der Waals surface area contributed by atoms with E-state index in [9.17, 15) is 9.90 Å². The Kier molecular flexibility index (Phi) is 5.47. The molecule has 0 spiro atoms. The van der Waals surface area contributed by atoms with Crippen LogP contribution in [0.1, 0.15) is 45.2 Å². The number of aliphatic hydroxyl groups excluding tert-OH is 1. The summed E-state index contributed by atoms with van der Waals surface area (Å²) in [4.78, 5) is 15.6.